The third-order valence-electron chi connectivity index (χ3n) is 3.47. The number of allylic oxidation sites excluding steroid dienone is 2. The Morgan fingerprint density at radius 1 is 1.35 bits per heavy atom. The summed E-state index contributed by atoms with van der Waals surface area (Å²) in [5.41, 5.74) is 0. The maximum absolute atomic E-state index is 12.8. The molecule has 0 aromatic heterocycles. The standard InChI is InChI=1S/C17H21ClO4S/c1-4-8-14(11-13(2)18)12-16(17(19)22-3)23(20,21)15-9-6-5-7-10-15/h4-7,9-10,14,16H,1-2,8,11-12H2,3H3. The van der Waals surface area contributed by atoms with Crippen molar-refractivity contribution in [2.24, 2.45) is 5.92 Å². The number of benzene rings is 1. The van der Waals surface area contributed by atoms with Crippen LogP contribution in [0.4, 0.5) is 0 Å². The van der Waals surface area contributed by atoms with Gasteiger partial charge in [0.25, 0.3) is 0 Å². The number of halogens is 1. The maximum atomic E-state index is 12.8. The van der Waals surface area contributed by atoms with Crippen LogP contribution in [0, 0.1) is 5.92 Å². The van der Waals surface area contributed by atoms with E-state index in [0.717, 1.165) is 0 Å². The van der Waals surface area contributed by atoms with Gasteiger partial charge < -0.3 is 4.74 Å². The van der Waals surface area contributed by atoms with Crippen LogP contribution in [0.5, 0.6) is 0 Å². The van der Waals surface area contributed by atoms with Crippen LogP contribution in [-0.4, -0.2) is 26.7 Å². The van der Waals surface area contributed by atoms with E-state index in [1.165, 1.54) is 19.2 Å². The number of hydrogen-bond donors (Lipinski definition) is 0. The predicted octanol–water partition coefficient (Wildman–Crippen LogP) is 3.73. The molecule has 126 valence electrons. The fourth-order valence-electron chi connectivity index (χ4n) is 2.37. The van der Waals surface area contributed by atoms with Gasteiger partial charge in [-0.25, -0.2) is 8.42 Å². The van der Waals surface area contributed by atoms with Crippen molar-refractivity contribution < 1.29 is 17.9 Å². The number of rotatable bonds is 9. The molecule has 0 aliphatic carbocycles. The normalized spacial score (nSPS) is 13.8. The summed E-state index contributed by atoms with van der Waals surface area (Å²) in [6.45, 7) is 7.30. The van der Waals surface area contributed by atoms with Gasteiger partial charge in [-0.2, -0.15) is 0 Å². The molecule has 0 aliphatic rings. The Bertz CT molecular complexity index is 652. The Balaban J connectivity index is 3.16. The fraction of sp³-hybridized carbons (Fsp3) is 0.353. The van der Waals surface area contributed by atoms with E-state index >= 15 is 0 Å². The van der Waals surface area contributed by atoms with E-state index in [0.29, 0.717) is 17.9 Å². The maximum Gasteiger partial charge on any atom is 0.324 e. The van der Waals surface area contributed by atoms with Crippen molar-refractivity contribution in [2.75, 3.05) is 7.11 Å². The van der Waals surface area contributed by atoms with E-state index in [2.05, 4.69) is 13.2 Å². The summed E-state index contributed by atoms with van der Waals surface area (Å²) in [4.78, 5) is 12.2. The largest absolute Gasteiger partial charge is 0.468 e. The lowest BCUT2D eigenvalue weighted by molar-refractivity contribution is -0.140. The van der Waals surface area contributed by atoms with Crippen molar-refractivity contribution in [3.05, 3.63) is 54.6 Å². The zero-order valence-corrected chi connectivity index (χ0v) is 14.6. The van der Waals surface area contributed by atoms with Gasteiger partial charge in [-0.1, -0.05) is 42.5 Å². The average molecular weight is 357 g/mol. The van der Waals surface area contributed by atoms with Gasteiger partial charge in [0, 0.05) is 5.03 Å². The second-order valence-electron chi connectivity index (χ2n) is 5.22. The lowest BCUT2D eigenvalue weighted by atomic mass is 9.95. The molecule has 1 aromatic carbocycles. The average Bonchev–Trinajstić information content (AvgIpc) is 2.52. The molecule has 23 heavy (non-hydrogen) atoms. The molecule has 0 aliphatic heterocycles. The first-order chi connectivity index (χ1) is 10.8. The van der Waals surface area contributed by atoms with Crippen LogP contribution in [0.2, 0.25) is 0 Å². The minimum atomic E-state index is -3.84. The number of carbonyl (C=O) groups excluding carboxylic acids is 1. The molecule has 2 atom stereocenters. The second kappa shape index (κ2) is 8.89. The van der Waals surface area contributed by atoms with E-state index in [9.17, 15) is 13.2 Å². The third kappa shape index (κ3) is 5.52. The molecule has 1 aromatic rings. The van der Waals surface area contributed by atoms with E-state index < -0.39 is 21.1 Å². The van der Waals surface area contributed by atoms with E-state index in [1.807, 2.05) is 0 Å². The summed E-state index contributed by atoms with van der Waals surface area (Å²) in [5, 5.41) is -0.867. The molecule has 0 amide bonds. The lowest BCUT2D eigenvalue weighted by Gasteiger charge is -2.21. The van der Waals surface area contributed by atoms with Crippen LogP contribution >= 0.6 is 11.6 Å². The summed E-state index contributed by atoms with van der Waals surface area (Å²) in [7, 11) is -2.66. The smallest absolute Gasteiger partial charge is 0.324 e. The molecule has 2 unspecified atom stereocenters. The number of hydrogen-bond acceptors (Lipinski definition) is 4. The quantitative estimate of drug-likeness (QED) is 0.499. The Hall–Kier alpha value is -1.59. The van der Waals surface area contributed by atoms with Crippen molar-refractivity contribution in [3.63, 3.8) is 0 Å². The first kappa shape index (κ1) is 19.5. The number of sulfone groups is 1. The fourth-order valence-corrected chi connectivity index (χ4v) is 4.33. The number of carbonyl (C=O) groups is 1. The van der Waals surface area contributed by atoms with Crippen LogP contribution in [0.25, 0.3) is 0 Å². The monoisotopic (exact) mass is 356 g/mol. The van der Waals surface area contributed by atoms with Gasteiger partial charge in [0.1, 0.15) is 0 Å². The van der Waals surface area contributed by atoms with Crippen LogP contribution in [-0.2, 0) is 19.4 Å². The summed E-state index contributed by atoms with van der Waals surface area (Å²) >= 11 is 5.84. The summed E-state index contributed by atoms with van der Waals surface area (Å²) in [5.74, 6) is -0.928. The molecule has 0 fully saturated rings. The Labute approximate surface area is 142 Å². The molecule has 1 rings (SSSR count). The predicted molar refractivity (Wildman–Crippen MR) is 92.0 cm³/mol. The van der Waals surface area contributed by atoms with E-state index in [4.69, 9.17) is 16.3 Å². The molecule has 0 N–H and O–H groups in total. The Morgan fingerprint density at radius 2 is 1.96 bits per heavy atom. The van der Waals surface area contributed by atoms with Gasteiger partial charge in [-0.3, -0.25) is 4.79 Å². The van der Waals surface area contributed by atoms with Crippen molar-refractivity contribution in [2.45, 2.75) is 29.4 Å². The zero-order valence-electron chi connectivity index (χ0n) is 13.1. The van der Waals surface area contributed by atoms with Crippen molar-refractivity contribution in [1.29, 1.82) is 0 Å². The molecule has 0 saturated heterocycles. The molecule has 6 heteroatoms. The van der Waals surface area contributed by atoms with Gasteiger partial charge in [0.2, 0.25) is 0 Å². The number of esters is 1. The summed E-state index contributed by atoms with van der Waals surface area (Å²) in [6.07, 6.45) is 2.71. The van der Waals surface area contributed by atoms with Crippen molar-refractivity contribution in [1.82, 2.24) is 0 Å². The van der Waals surface area contributed by atoms with Crippen LogP contribution in [0.3, 0.4) is 0 Å². The first-order valence-electron chi connectivity index (χ1n) is 7.13. The van der Waals surface area contributed by atoms with Gasteiger partial charge >= 0.3 is 5.97 Å². The SMILES string of the molecule is C=CCC(CC(=C)Cl)CC(C(=O)OC)S(=O)(=O)c1ccccc1. The highest BCUT2D eigenvalue weighted by atomic mass is 35.5. The Morgan fingerprint density at radius 3 is 2.43 bits per heavy atom. The van der Waals surface area contributed by atoms with Crippen LogP contribution in [0.15, 0.2) is 59.5 Å². The molecule has 0 spiro atoms. The van der Waals surface area contributed by atoms with Crippen molar-refractivity contribution >= 4 is 27.4 Å². The minimum absolute atomic E-state index is 0.0949. The second-order valence-corrected chi connectivity index (χ2v) is 7.88. The van der Waals surface area contributed by atoms with Crippen LogP contribution in [0.1, 0.15) is 19.3 Å². The van der Waals surface area contributed by atoms with Crippen molar-refractivity contribution in [3.8, 4) is 0 Å². The zero-order chi connectivity index (χ0) is 17.5. The third-order valence-corrected chi connectivity index (χ3v) is 5.69. The van der Waals surface area contributed by atoms with Gasteiger partial charge in [-0.05, 0) is 37.3 Å². The highest BCUT2D eigenvalue weighted by Gasteiger charge is 2.36. The molecular formula is C17H21ClO4S. The Kier molecular flexibility index (Phi) is 7.52. The minimum Gasteiger partial charge on any atom is -0.468 e. The first-order valence-corrected chi connectivity index (χ1v) is 9.06. The highest BCUT2D eigenvalue weighted by molar-refractivity contribution is 7.92. The lowest BCUT2D eigenvalue weighted by Crippen LogP contribution is -2.33. The summed E-state index contributed by atoms with van der Waals surface area (Å²) < 4.78 is 30.3. The molecule has 0 heterocycles. The van der Waals surface area contributed by atoms with Gasteiger partial charge in [-0.15, -0.1) is 6.58 Å². The van der Waals surface area contributed by atoms with E-state index in [1.54, 1.807) is 24.3 Å². The van der Waals surface area contributed by atoms with E-state index in [-0.39, 0.29) is 17.2 Å². The van der Waals surface area contributed by atoms with Crippen LogP contribution < -0.4 is 0 Å². The van der Waals surface area contributed by atoms with Gasteiger partial charge in [0.05, 0.1) is 12.0 Å². The number of methoxy groups -OCH3 is 1. The topological polar surface area (TPSA) is 60.4 Å². The highest BCUT2D eigenvalue weighted by Crippen LogP contribution is 2.28. The molecule has 0 radical (unpaired) electrons. The molecule has 4 nitrogen and oxygen atoms in total. The molecular weight excluding hydrogens is 336 g/mol. The van der Waals surface area contributed by atoms with Gasteiger partial charge in [0.15, 0.2) is 15.1 Å². The molecule has 0 bridgehead atoms. The summed E-state index contributed by atoms with van der Waals surface area (Å²) in [6, 6.07) is 7.87. The number of ether oxygens (including phenoxy) is 1. The molecule has 0 saturated carbocycles.